The molecule has 0 radical (unpaired) electrons. The summed E-state index contributed by atoms with van der Waals surface area (Å²) in [7, 11) is 0. The molecule has 0 saturated carbocycles. The molecule has 0 aliphatic carbocycles. The first-order chi connectivity index (χ1) is 12.9. The van der Waals surface area contributed by atoms with Crippen LogP contribution in [0.4, 0.5) is 0 Å². The standard InChI is InChI=1S/C21H19Br2NO3/c1-4-26-19-16(22)9-13(10-17(19)23)11-18-21(25)27-20(24-18)15-7-5-14(6-8-15)12(2)3/h5-12H,4H2,1-3H3/b18-11-. The number of aliphatic imine (C=N–C) groups is 1. The number of esters is 1. The van der Waals surface area contributed by atoms with Crippen LogP contribution in [0.2, 0.25) is 0 Å². The second-order valence-corrected chi connectivity index (χ2v) is 8.07. The van der Waals surface area contributed by atoms with E-state index in [0.29, 0.717) is 18.4 Å². The van der Waals surface area contributed by atoms with Gasteiger partial charge in [0.1, 0.15) is 5.75 Å². The first kappa shape index (κ1) is 19.8. The summed E-state index contributed by atoms with van der Waals surface area (Å²) in [5.74, 6) is 1.03. The Morgan fingerprint density at radius 1 is 1.15 bits per heavy atom. The number of cyclic esters (lactones) is 1. The van der Waals surface area contributed by atoms with Crippen molar-refractivity contribution < 1.29 is 14.3 Å². The van der Waals surface area contributed by atoms with Crippen molar-refractivity contribution in [3.63, 3.8) is 0 Å². The zero-order valence-electron chi connectivity index (χ0n) is 15.3. The van der Waals surface area contributed by atoms with Gasteiger partial charge < -0.3 is 9.47 Å². The van der Waals surface area contributed by atoms with E-state index in [4.69, 9.17) is 9.47 Å². The fraction of sp³-hybridized carbons (Fsp3) is 0.238. The summed E-state index contributed by atoms with van der Waals surface area (Å²) >= 11 is 6.99. The van der Waals surface area contributed by atoms with Gasteiger partial charge in [0.2, 0.25) is 5.90 Å². The van der Waals surface area contributed by atoms with E-state index in [1.165, 1.54) is 5.56 Å². The average Bonchev–Trinajstić information content (AvgIpc) is 2.99. The van der Waals surface area contributed by atoms with Gasteiger partial charge in [-0.05, 0) is 86.2 Å². The summed E-state index contributed by atoms with van der Waals surface area (Å²) in [4.78, 5) is 16.6. The predicted molar refractivity (Wildman–Crippen MR) is 114 cm³/mol. The molecule has 0 N–H and O–H groups in total. The second kappa shape index (κ2) is 8.40. The lowest BCUT2D eigenvalue weighted by molar-refractivity contribution is -0.129. The maximum atomic E-state index is 12.2. The van der Waals surface area contributed by atoms with E-state index in [1.54, 1.807) is 6.08 Å². The SMILES string of the molecule is CCOc1c(Br)cc(/C=C2\N=C(c3ccc(C(C)C)cc3)OC2=O)cc1Br. The summed E-state index contributed by atoms with van der Waals surface area (Å²) in [6.45, 7) is 6.76. The molecule has 0 saturated heterocycles. The van der Waals surface area contributed by atoms with E-state index in [1.807, 2.05) is 43.3 Å². The molecule has 140 valence electrons. The lowest BCUT2D eigenvalue weighted by Crippen LogP contribution is -2.05. The van der Waals surface area contributed by atoms with Gasteiger partial charge in [-0.1, -0.05) is 26.0 Å². The third-order valence-electron chi connectivity index (χ3n) is 4.06. The Bertz CT molecular complexity index is 908. The Morgan fingerprint density at radius 3 is 2.33 bits per heavy atom. The summed E-state index contributed by atoms with van der Waals surface area (Å²) in [5, 5.41) is 0. The Labute approximate surface area is 175 Å². The minimum Gasteiger partial charge on any atom is -0.492 e. The molecule has 0 bridgehead atoms. The molecule has 2 aromatic carbocycles. The lowest BCUT2D eigenvalue weighted by Gasteiger charge is -2.09. The van der Waals surface area contributed by atoms with Gasteiger partial charge in [0, 0.05) is 5.56 Å². The fourth-order valence-electron chi connectivity index (χ4n) is 2.65. The van der Waals surface area contributed by atoms with Crippen molar-refractivity contribution in [3.05, 3.63) is 67.7 Å². The number of rotatable bonds is 5. The van der Waals surface area contributed by atoms with Crippen LogP contribution in [0.25, 0.3) is 6.08 Å². The van der Waals surface area contributed by atoms with Crippen molar-refractivity contribution in [1.29, 1.82) is 0 Å². The Hall–Kier alpha value is -1.92. The van der Waals surface area contributed by atoms with Crippen molar-refractivity contribution in [2.75, 3.05) is 6.61 Å². The number of ether oxygens (including phenoxy) is 2. The summed E-state index contributed by atoms with van der Waals surface area (Å²) in [6.07, 6.45) is 1.70. The Balaban J connectivity index is 1.89. The van der Waals surface area contributed by atoms with Crippen LogP contribution < -0.4 is 4.74 Å². The second-order valence-electron chi connectivity index (χ2n) is 6.36. The summed E-state index contributed by atoms with van der Waals surface area (Å²) in [5.41, 5.74) is 3.08. The number of nitrogens with zero attached hydrogens (tertiary/aromatic N) is 1. The molecule has 1 heterocycles. The number of hydrogen-bond donors (Lipinski definition) is 0. The van der Waals surface area contributed by atoms with Gasteiger partial charge in [0.15, 0.2) is 5.70 Å². The Kier molecular flexibility index (Phi) is 6.17. The molecular weight excluding hydrogens is 474 g/mol. The van der Waals surface area contributed by atoms with Crippen LogP contribution in [0.5, 0.6) is 5.75 Å². The van der Waals surface area contributed by atoms with Crippen molar-refractivity contribution in [1.82, 2.24) is 0 Å². The highest BCUT2D eigenvalue weighted by molar-refractivity contribution is 9.11. The van der Waals surface area contributed by atoms with Gasteiger partial charge in [0.05, 0.1) is 15.6 Å². The van der Waals surface area contributed by atoms with Crippen molar-refractivity contribution in [2.45, 2.75) is 26.7 Å². The van der Waals surface area contributed by atoms with E-state index in [0.717, 1.165) is 25.8 Å². The quantitative estimate of drug-likeness (QED) is 0.375. The number of halogens is 2. The minimum atomic E-state index is -0.459. The highest BCUT2D eigenvalue weighted by atomic mass is 79.9. The third kappa shape index (κ3) is 4.50. The molecule has 27 heavy (non-hydrogen) atoms. The van der Waals surface area contributed by atoms with Gasteiger partial charge in [-0.25, -0.2) is 9.79 Å². The van der Waals surface area contributed by atoms with Crippen LogP contribution in [-0.2, 0) is 9.53 Å². The van der Waals surface area contributed by atoms with Crippen LogP contribution in [-0.4, -0.2) is 18.5 Å². The largest absolute Gasteiger partial charge is 0.492 e. The van der Waals surface area contributed by atoms with E-state index in [2.05, 4.69) is 50.7 Å². The first-order valence-electron chi connectivity index (χ1n) is 8.63. The van der Waals surface area contributed by atoms with Crippen LogP contribution in [0.3, 0.4) is 0 Å². The number of carbonyl (C=O) groups is 1. The van der Waals surface area contributed by atoms with Crippen LogP contribution in [0.15, 0.2) is 56.0 Å². The molecule has 0 unspecified atom stereocenters. The zero-order valence-corrected chi connectivity index (χ0v) is 18.4. The van der Waals surface area contributed by atoms with Crippen molar-refractivity contribution in [2.24, 2.45) is 4.99 Å². The van der Waals surface area contributed by atoms with E-state index in [9.17, 15) is 4.79 Å². The molecule has 4 nitrogen and oxygen atoms in total. The van der Waals surface area contributed by atoms with Gasteiger partial charge in [-0.15, -0.1) is 0 Å². The normalized spacial score (nSPS) is 15.3. The molecule has 6 heteroatoms. The summed E-state index contributed by atoms with van der Waals surface area (Å²) < 4.78 is 12.5. The number of benzene rings is 2. The highest BCUT2D eigenvalue weighted by Gasteiger charge is 2.24. The number of carbonyl (C=O) groups excluding carboxylic acids is 1. The fourth-order valence-corrected chi connectivity index (χ4v) is 4.10. The van der Waals surface area contributed by atoms with E-state index >= 15 is 0 Å². The predicted octanol–water partition coefficient (Wildman–Crippen LogP) is 6.08. The van der Waals surface area contributed by atoms with Crippen LogP contribution in [0, 0.1) is 0 Å². The topological polar surface area (TPSA) is 47.9 Å². The molecular formula is C21H19Br2NO3. The molecule has 0 fully saturated rings. The number of hydrogen-bond acceptors (Lipinski definition) is 4. The molecule has 3 rings (SSSR count). The molecule has 0 amide bonds. The van der Waals surface area contributed by atoms with Gasteiger partial charge in [-0.3, -0.25) is 0 Å². The molecule has 1 aliphatic rings. The molecule has 0 atom stereocenters. The first-order valence-corrected chi connectivity index (χ1v) is 10.2. The molecule has 0 spiro atoms. The maximum Gasteiger partial charge on any atom is 0.363 e. The van der Waals surface area contributed by atoms with E-state index in [-0.39, 0.29) is 5.70 Å². The van der Waals surface area contributed by atoms with Gasteiger partial charge >= 0.3 is 5.97 Å². The Morgan fingerprint density at radius 2 is 1.78 bits per heavy atom. The molecule has 2 aromatic rings. The third-order valence-corrected chi connectivity index (χ3v) is 5.24. The molecule has 1 aliphatic heterocycles. The highest BCUT2D eigenvalue weighted by Crippen LogP contribution is 2.35. The van der Waals surface area contributed by atoms with Crippen molar-refractivity contribution >= 4 is 49.8 Å². The van der Waals surface area contributed by atoms with Crippen LogP contribution in [0.1, 0.15) is 43.4 Å². The zero-order chi connectivity index (χ0) is 19.6. The van der Waals surface area contributed by atoms with Crippen molar-refractivity contribution in [3.8, 4) is 5.75 Å². The van der Waals surface area contributed by atoms with Gasteiger partial charge in [0.25, 0.3) is 0 Å². The average molecular weight is 493 g/mol. The molecule has 0 aromatic heterocycles. The van der Waals surface area contributed by atoms with Gasteiger partial charge in [-0.2, -0.15) is 0 Å². The smallest absolute Gasteiger partial charge is 0.363 e. The van der Waals surface area contributed by atoms with E-state index < -0.39 is 5.97 Å². The monoisotopic (exact) mass is 491 g/mol. The maximum absolute atomic E-state index is 12.2. The van der Waals surface area contributed by atoms with Crippen LogP contribution >= 0.6 is 31.9 Å². The minimum absolute atomic E-state index is 0.265. The lowest BCUT2D eigenvalue weighted by atomic mass is 10.0. The summed E-state index contributed by atoms with van der Waals surface area (Å²) in [6, 6.07) is 11.7.